The number of hydrogen-bond acceptors (Lipinski definition) is 9. The maximum Gasteiger partial charge on any atom is 0.258 e. The normalized spacial score (nSPS) is 22.7. The molecule has 0 aliphatic carbocycles. The Balaban J connectivity index is 1.42. The number of aliphatic hydroxyl groups excluding tert-OH is 1. The third-order valence-electron chi connectivity index (χ3n) is 10.0. The molecule has 0 saturated carbocycles. The summed E-state index contributed by atoms with van der Waals surface area (Å²) in [7, 11) is 1.40. The van der Waals surface area contributed by atoms with Crippen molar-refractivity contribution >= 4 is 29.5 Å². The average molecular weight is 717 g/mol. The quantitative estimate of drug-likeness (QED) is 0.264. The number of rotatable bonds is 4. The minimum atomic E-state index is -1.33. The number of carbonyl (C=O) groups excluding carboxylic acids is 5. The number of benzene rings is 2. The fourth-order valence-electron chi connectivity index (χ4n) is 6.69. The predicted octanol–water partition coefficient (Wildman–Crippen LogP) is 1.30. The summed E-state index contributed by atoms with van der Waals surface area (Å²) in [5, 5.41) is 25.6. The van der Waals surface area contributed by atoms with Crippen LogP contribution in [0.4, 0.5) is 0 Å². The van der Waals surface area contributed by atoms with E-state index in [1.54, 1.807) is 12.1 Å². The highest BCUT2D eigenvalue weighted by molar-refractivity contribution is 6.00. The molecule has 0 unspecified atom stereocenters. The number of H-pyrrole nitrogens is 1. The first-order valence-corrected chi connectivity index (χ1v) is 17.6. The number of aromatic amines is 1. The standard InChI is InChI=1S/C37H48N8O7/c1-22(2)30-34(49)38-20-37(13-15-45(16-14-37)35(50)28-12-7-6-11-27(28)32-39-21-40-43-32)18-25-9-8-10-26(17-25)52-19-29(47)41-31(24(4)46)36(51)44(5)23(3)33(48)42-30/h6-12,17,21-24,30-31,46H,13-16,18-20H2,1-5H3,(H,38,49)(H,41,47)(H,42,48)(H,39,40,43)/t23-,24+,30+,31-/m0/s1. The van der Waals surface area contributed by atoms with Crippen LogP contribution in [0.3, 0.4) is 0 Å². The molecule has 2 aromatic carbocycles. The van der Waals surface area contributed by atoms with E-state index >= 15 is 0 Å². The number of likely N-dealkylation sites (N-methyl/N-ethyl adjacent to an activating group) is 1. The largest absolute Gasteiger partial charge is 0.484 e. The number of fused-ring (bicyclic) bond motifs is 2. The molecule has 5 N–H and O–H groups in total. The number of amides is 5. The fraction of sp³-hybridized carbons (Fsp3) is 0.486. The van der Waals surface area contributed by atoms with Gasteiger partial charge in [-0.3, -0.25) is 29.1 Å². The van der Waals surface area contributed by atoms with Crippen LogP contribution in [-0.2, 0) is 25.6 Å². The number of hydrogen-bond donors (Lipinski definition) is 5. The van der Waals surface area contributed by atoms with Gasteiger partial charge in [0.05, 0.1) is 11.7 Å². The molecule has 5 amide bonds. The molecule has 1 fully saturated rings. The summed E-state index contributed by atoms with van der Waals surface area (Å²) < 4.78 is 5.81. The molecular weight excluding hydrogens is 668 g/mol. The Bertz CT molecular complexity index is 1750. The lowest BCUT2D eigenvalue weighted by atomic mass is 9.73. The first-order chi connectivity index (χ1) is 24.8. The van der Waals surface area contributed by atoms with E-state index in [9.17, 15) is 29.1 Å². The van der Waals surface area contributed by atoms with Crippen molar-refractivity contribution in [3.63, 3.8) is 0 Å². The molecule has 52 heavy (non-hydrogen) atoms. The molecule has 2 aliphatic heterocycles. The highest BCUT2D eigenvalue weighted by atomic mass is 16.5. The first kappa shape index (κ1) is 37.9. The van der Waals surface area contributed by atoms with Crippen molar-refractivity contribution in [3.05, 3.63) is 66.0 Å². The molecule has 2 bridgehead atoms. The van der Waals surface area contributed by atoms with Gasteiger partial charge in [-0.05, 0) is 68.2 Å². The SMILES string of the molecule is CC(C)[C@H]1NC(=O)[C@H](C)N(C)C(=O)[C@H]([C@@H](C)O)NC(=O)COc2cccc(c2)CC2(CCN(C(=O)c3ccccc3-c3ncn[nH]3)CC2)CNC1=O. The van der Waals surface area contributed by atoms with Crippen LogP contribution in [0.1, 0.15) is 56.5 Å². The summed E-state index contributed by atoms with van der Waals surface area (Å²) in [6.45, 7) is 7.25. The monoisotopic (exact) mass is 716 g/mol. The van der Waals surface area contributed by atoms with E-state index in [-0.39, 0.29) is 24.3 Å². The Morgan fingerprint density at radius 2 is 1.71 bits per heavy atom. The number of aliphatic hydroxyl groups is 1. The summed E-state index contributed by atoms with van der Waals surface area (Å²) in [5.74, 6) is -1.72. The number of carbonyl (C=O) groups is 5. The predicted molar refractivity (Wildman–Crippen MR) is 191 cm³/mol. The highest BCUT2D eigenvalue weighted by Gasteiger charge is 2.39. The zero-order valence-corrected chi connectivity index (χ0v) is 30.2. The van der Waals surface area contributed by atoms with Gasteiger partial charge in [0, 0.05) is 32.2 Å². The highest BCUT2D eigenvalue weighted by Crippen LogP contribution is 2.36. The van der Waals surface area contributed by atoms with E-state index in [1.807, 2.05) is 55.1 Å². The van der Waals surface area contributed by atoms with Crippen LogP contribution < -0.4 is 20.7 Å². The van der Waals surface area contributed by atoms with E-state index in [0.29, 0.717) is 55.1 Å². The molecule has 15 heteroatoms. The van der Waals surface area contributed by atoms with Gasteiger partial charge in [0.15, 0.2) is 12.4 Å². The van der Waals surface area contributed by atoms with Crippen LogP contribution in [0.25, 0.3) is 11.4 Å². The number of ether oxygens (including phenoxy) is 1. The summed E-state index contributed by atoms with van der Waals surface area (Å²) >= 11 is 0. The maximum atomic E-state index is 13.9. The maximum absolute atomic E-state index is 13.9. The van der Waals surface area contributed by atoms with Gasteiger partial charge in [-0.2, -0.15) is 5.10 Å². The van der Waals surface area contributed by atoms with Crippen LogP contribution in [0.2, 0.25) is 0 Å². The zero-order chi connectivity index (χ0) is 37.6. The minimum absolute atomic E-state index is 0.131. The number of likely N-dealkylation sites (tertiary alicyclic amines) is 1. The molecule has 0 radical (unpaired) electrons. The Kier molecular flexibility index (Phi) is 11.9. The van der Waals surface area contributed by atoms with Crippen molar-refractivity contribution < 1.29 is 33.8 Å². The lowest BCUT2D eigenvalue weighted by Gasteiger charge is -2.42. The molecular formula is C37H48N8O7. The van der Waals surface area contributed by atoms with Crippen LogP contribution in [-0.4, -0.2) is 117 Å². The van der Waals surface area contributed by atoms with E-state index in [0.717, 1.165) is 10.5 Å². The van der Waals surface area contributed by atoms with Crippen LogP contribution in [0.5, 0.6) is 5.75 Å². The Morgan fingerprint density at radius 1 is 0.981 bits per heavy atom. The van der Waals surface area contributed by atoms with Gasteiger partial charge >= 0.3 is 0 Å². The van der Waals surface area contributed by atoms with Crippen molar-refractivity contribution in [3.8, 4) is 17.1 Å². The van der Waals surface area contributed by atoms with Gasteiger partial charge in [-0.15, -0.1) is 0 Å². The van der Waals surface area contributed by atoms with Crippen LogP contribution in [0, 0.1) is 11.3 Å². The third kappa shape index (κ3) is 8.76. The number of piperidine rings is 1. The van der Waals surface area contributed by atoms with Gasteiger partial charge in [0.2, 0.25) is 17.7 Å². The molecule has 3 heterocycles. The molecule has 1 saturated heterocycles. The van der Waals surface area contributed by atoms with Crippen LogP contribution >= 0.6 is 0 Å². The van der Waals surface area contributed by atoms with Gasteiger partial charge in [-0.25, -0.2) is 4.98 Å². The van der Waals surface area contributed by atoms with Crippen LogP contribution in [0.15, 0.2) is 54.9 Å². The second kappa shape index (κ2) is 16.4. The average Bonchev–Trinajstić information content (AvgIpc) is 3.68. The van der Waals surface area contributed by atoms with Crippen molar-refractivity contribution in [1.82, 2.24) is 40.9 Å². The summed E-state index contributed by atoms with van der Waals surface area (Å²) in [5.41, 5.74) is 1.60. The summed E-state index contributed by atoms with van der Waals surface area (Å²) in [6.07, 6.45) is 1.81. The molecule has 3 aromatic rings. The lowest BCUT2D eigenvalue weighted by molar-refractivity contribution is -0.144. The molecule has 5 rings (SSSR count). The van der Waals surface area contributed by atoms with Crippen molar-refractivity contribution in [2.24, 2.45) is 11.3 Å². The fourth-order valence-corrected chi connectivity index (χ4v) is 6.69. The van der Waals surface area contributed by atoms with E-state index in [2.05, 4.69) is 31.1 Å². The molecule has 1 spiro atoms. The molecule has 2 aliphatic rings. The number of nitrogens with zero attached hydrogens (tertiary/aromatic N) is 4. The topological polar surface area (TPSA) is 199 Å². The number of aromatic nitrogens is 3. The third-order valence-corrected chi connectivity index (χ3v) is 10.0. The summed E-state index contributed by atoms with van der Waals surface area (Å²) in [4.78, 5) is 74.5. The van der Waals surface area contributed by atoms with Crippen molar-refractivity contribution in [1.29, 1.82) is 0 Å². The number of nitrogens with one attached hydrogen (secondary N) is 4. The smallest absolute Gasteiger partial charge is 0.258 e. The molecule has 1 aromatic heterocycles. The van der Waals surface area contributed by atoms with Gasteiger partial charge in [0.1, 0.15) is 30.2 Å². The van der Waals surface area contributed by atoms with E-state index < -0.39 is 54.0 Å². The van der Waals surface area contributed by atoms with Crippen molar-refractivity contribution in [2.75, 3.05) is 33.3 Å². The van der Waals surface area contributed by atoms with Gasteiger partial charge in [-0.1, -0.05) is 44.2 Å². The second-order valence-corrected chi connectivity index (χ2v) is 14.1. The Morgan fingerprint density at radius 3 is 2.38 bits per heavy atom. The Hall–Kier alpha value is -5.31. The summed E-state index contributed by atoms with van der Waals surface area (Å²) in [6, 6.07) is 11.3. The molecule has 4 atom stereocenters. The second-order valence-electron chi connectivity index (χ2n) is 14.1. The minimum Gasteiger partial charge on any atom is -0.484 e. The van der Waals surface area contributed by atoms with Gasteiger partial charge < -0.3 is 35.6 Å². The van der Waals surface area contributed by atoms with Gasteiger partial charge in [0.25, 0.3) is 11.8 Å². The zero-order valence-electron chi connectivity index (χ0n) is 30.2. The van der Waals surface area contributed by atoms with Crippen molar-refractivity contribution in [2.45, 2.75) is 71.2 Å². The first-order valence-electron chi connectivity index (χ1n) is 17.6. The molecule has 15 nitrogen and oxygen atoms in total. The van der Waals surface area contributed by atoms with E-state index in [4.69, 9.17) is 4.74 Å². The lowest BCUT2D eigenvalue weighted by Crippen LogP contribution is -2.59. The Labute approximate surface area is 302 Å². The molecule has 278 valence electrons. The van der Waals surface area contributed by atoms with E-state index in [1.165, 1.54) is 27.2 Å².